The molecule has 0 spiro atoms. The van der Waals surface area contributed by atoms with Crippen molar-refractivity contribution >= 4 is 3.21 Å². The summed E-state index contributed by atoms with van der Waals surface area (Å²) < 4.78 is 88.3. The molecule has 10 atom stereocenters. The monoisotopic (exact) mass is 996 g/mol. The summed E-state index contributed by atoms with van der Waals surface area (Å²) in [7, 11) is 0. The number of alkyl halides is 6. The number of allylic oxidation sites excluding steroid dienone is 16. The van der Waals surface area contributed by atoms with Crippen LogP contribution in [0.5, 0.6) is 0 Å². The maximum absolute atomic E-state index is 14.3. The minimum absolute atomic E-state index is 0. The van der Waals surface area contributed by atoms with Crippen LogP contribution in [-0.4, -0.2) is 3.21 Å². The molecular formula is C55H62Cl2F6Zr. The van der Waals surface area contributed by atoms with Crippen LogP contribution in [0.1, 0.15) is 112 Å². The Morgan fingerprint density at radius 2 is 1.06 bits per heavy atom. The maximum atomic E-state index is 14.3. The molecule has 0 bridgehead atoms. The summed E-state index contributed by atoms with van der Waals surface area (Å²) >= 11 is -3.84. The Balaban J connectivity index is 0.00000340. The van der Waals surface area contributed by atoms with E-state index in [9.17, 15) is 26.3 Å². The number of benzene rings is 2. The van der Waals surface area contributed by atoms with E-state index in [-0.39, 0.29) is 51.1 Å². The summed E-state index contributed by atoms with van der Waals surface area (Å²) in [5, 5.41) is 0. The van der Waals surface area contributed by atoms with Crippen LogP contribution < -0.4 is 24.8 Å². The van der Waals surface area contributed by atoms with Gasteiger partial charge in [-0.3, -0.25) is 0 Å². The summed E-state index contributed by atoms with van der Waals surface area (Å²) in [5.41, 5.74) is -0.753. The van der Waals surface area contributed by atoms with Crippen LogP contribution in [0.25, 0.3) is 0 Å². The van der Waals surface area contributed by atoms with Crippen molar-refractivity contribution in [1.82, 2.24) is 0 Å². The first kappa shape index (κ1) is 50.7. The zero-order valence-electron chi connectivity index (χ0n) is 39.1. The molecule has 0 N–H and O–H groups in total. The average molecular weight is 999 g/mol. The number of halogens is 8. The van der Waals surface area contributed by atoms with Gasteiger partial charge in [-0.1, -0.05) is 0 Å². The van der Waals surface area contributed by atoms with Gasteiger partial charge in [0.15, 0.2) is 0 Å². The fourth-order valence-corrected chi connectivity index (χ4v) is 26.5. The quantitative estimate of drug-likeness (QED) is 0.262. The summed E-state index contributed by atoms with van der Waals surface area (Å²) in [5.74, 6) is 0.0816. The van der Waals surface area contributed by atoms with E-state index >= 15 is 0 Å². The summed E-state index contributed by atoms with van der Waals surface area (Å²) in [4.78, 5) is 0. The van der Waals surface area contributed by atoms with Gasteiger partial charge in [0, 0.05) is 0 Å². The first-order valence-corrected chi connectivity index (χ1v) is 26.1. The third-order valence-electron chi connectivity index (χ3n) is 18.8. The Kier molecular flexibility index (Phi) is 12.6. The maximum Gasteiger partial charge on any atom is -1.00 e. The van der Waals surface area contributed by atoms with Gasteiger partial charge in [-0.25, -0.2) is 0 Å². The zero-order chi connectivity index (χ0) is 45.5. The molecule has 0 heterocycles. The van der Waals surface area contributed by atoms with E-state index in [1.807, 2.05) is 0 Å². The van der Waals surface area contributed by atoms with Crippen LogP contribution in [-0.2, 0) is 33.6 Å². The van der Waals surface area contributed by atoms with E-state index < -0.39 is 77.2 Å². The number of fused-ring (bicyclic) bond motifs is 8. The third-order valence-corrected chi connectivity index (χ3v) is 28.2. The molecule has 0 amide bonds. The molecule has 6 aliphatic carbocycles. The Labute approximate surface area is 397 Å². The van der Waals surface area contributed by atoms with Gasteiger partial charge in [0.2, 0.25) is 0 Å². The normalized spacial score (nSPS) is 36.8. The second-order valence-electron chi connectivity index (χ2n) is 21.4. The van der Waals surface area contributed by atoms with Gasteiger partial charge in [-0.2, -0.15) is 0 Å². The first-order valence-electron chi connectivity index (χ1n) is 22.3. The van der Waals surface area contributed by atoms with E-state index in [0.717, 1.165) is 33.9 Å². The van der Waals surface area contributed by atoms with Crippen molar-refractivity contribution in [2.45, 2.75) is 105 Å². The largest absolute Gasteiger partial charge is 1.00 e. The van der Waals surface area contributed by atoms with Crippen molar-refractivity contribution in [3.63, 3.8) is 0 Å². The molecule has 8 rings (SSSR count). The van der Waals surface area contributed by atoms with Crippen molar-refractivity contribution in [1.29, 1.82) is 0 Å². The molecule has 2 aromatic carbocycles. The first-order chi connectivity index (χ1) is 28.6. The van der Waals surface area contributed by atoms with Gasteiger partial charge in [0.25, 0.3) is 0 Å². The predicted molar refractivity (Wildman–Crippen MR) is 239 cm³/mol. The predicted octanol–water partition coefficient (Wildman–Crippen LogP) is 10.1. The molecule has 0 radical (unpaired) electrons. The van der Waals surface area contributed by atoms with Crippen molar-refractivity contribution in [2.24, 2.45) is 55.2 Å². The van der Waals surface area contributed by atoms with Gasteiger partial charge in [-0.05, 0) is 0 Å². The van der Waals surface area contributed by atoms with Crippen molar-refractivity contribution in [2.75, 3.05) is 0 Å². The van der Waals surface area contributed by atoms with Gasteiger partial charge in [0.1, 0.15) is 0 Å². The topological polar surface area (TPSA) is 0 Å². The summed E-state index contributed by atoms with van der Waals surface area (Å²) in [6, 6.07) is 11.1. The smallest absolute Gasteiger partial charge is 1.00 e. The van der Waals surface area contributed by atoms with Crippen LogP contribution >= 0.6 is 0 Å². The van der Waals surface area contributed by atoms with Crippen LogP contribution in [0, 0.1) is 55.2 Å². The van der Waals surface area contributed by atoms with Gasteiger partial charge >= 0.3 is 376 Å². The van der Waals surface area contributed by atoms with E-state index in [2.05, 4.69) is 162 Å². The third kappa shape index (κ3) is 6.33. The zero-order valence-corrected chi connectivity index (χ0v) is 43.1. The number of hydrogen-bond acceptors (Lipinski definition) is 0. The Morgan fingerprint density at radius 1 is 0.625 bits per heavy atom. The molecule has 2 saturated carbocycles. The molecule has 0 nitrogen and oxygen atoms in total. The van der Waals surface area contributed by atoms with Gasteiger partial charge < -0.3 is 24.8 Å². The standard InChI is InChI=1S/C29H37.C15H8F6.C11H17.2ClH.Zr/c1-21-14-13-15-22-20-27(6)25(4)18-10-9-16-23(25,2)24(3)17-11-12-19-26(24,5)29(27,8)28(21,22)7;16-14(17,18)12-5-1-10(2-6-12)9-11-3-7-13(8-4-11)15(19,20)21;1-5-9-6-7-10(8-9)11(2,3)4;;;/h9-20,22H,1-8H3;1-8H;7-9H,5H2,1-4H3;2*1H;/q;;;;;+2/p-2. The molecule has 64 heavy (non-hydrogen) atoms. The average Bonchev–Trinajstić information content (AvgIpc) is 3.71. The fraction of sp³-hybridized carbons (Fsp3) is 0.473. The Hall–Kier alpha value is -2.73. The minimum atomic E-state index is -4.55. The van der Waals surface area contributed by atoms with Crippen LogP contribution in [0.3, 0.4) is 0 Å². The summed E-state index contributed by atoms with van der Waals surface area (Å²) in [6.07, 6.45) is 22.3. The fourth-order valence-electron chi connectivity index (χ4n) is 14.5. The molecule has 10 unspecified atom stereocenters. The van der Waals surface area contributed by atoms with E-state index in [4.69, 9.17) is 0 Å². The molecule has 0 saturated heterocycles. The SMILES string of the molecule is CCC1C=C(C(C)(C)C)C=[C]1[Zr+2](=[C](c1ccc(C(F)(F)F)cc1)c1ccc(C(F)(F)F)cc1)[CH]1C2C=CC=C(C)C2(C)C2(C)C3(C)C=CC=CC3(C)C3(C)C=CC=CC3(C)C12C.[Cl-].[Cl-]. The van der Waals surface area contributed by atoms with Gasteiger partial charge in [-0.15, -0.1) is 0 Å². The van der Waals surface area contributed by atoms with Crippen molar-refractivity contribution < 1.29 is 72.4 Å². The van der Waals surface area contributed by atoms with Crippen molar-refractivity contribution in [3.05, 3.63) is 164 Å². The van der Waals surface area contributed by atoms with Crippen LogP contribution in [0.4, 0.5) is 26.3 Å². The summed E-state index contributed by atoms with van der Waals surface area (Å²) in [6.45, 7) is 28.7. The van der Waals surface area contributed by atoms with Crippen LogP contribution in [0.15, 0.2) is 142 Å². The molecule has 2 fully saturated rings. The van der Waals surface area contributed by atoms with Crippen molar-refractivity contribution in [3.8, 4) is 0 Å². The van der Waals surface area contributed by atoms with E-state index in [1.54, 1.807) is 24.3 Å². The number of rotatable bonds is 5. The minimum Gasteiger partial charge on any atom is -1.00 e. The van der Waals surface area contributed by atoms with E-state index in [0.29, 0.717) is 11.1 Å². The van der Waals surface area contributed by atoms with Crippen LogP contribution in [0.2, 0.25) is 3.63 Å². The second kappa shape index (κ2) is 15.9. The van der Waals surface area contributed by atoms with Gasteiger partial charge in [0.05, 0.1) is 0 Å². The molecule has 6 aliphatic rings. The number of hydrogen-bond donors (Lipinski definition) is 0. The van der Waals surface area contributed by atoms with E-state index in [1.165, 1.54) is 14.4 Å². The molecular weight excluding hydrogens is 937 g/mol. The molecule has 0 aliphatic heterocycles. The molecule has 0 aromatic heterocycles. The molecule has 342 valence electrons. The Morgan fingerprint density at radius 3 is 1.50 bits per heavy atom. The molecule has 2 aromatic rings. The molecule has 9 heteroatoms. The second-order valence-corrected chi connectivity index (χ2v) is 27.6. The Bertz CT molecular complexity index is 2430.